The van der Waals surface area contributed by atoms with Gasteiger partial charge in [0.15, 0.2) is 11.7 Å². The summed E-state index contributed by atoms with van der Waals surface area (Å²) in [5, 5.41) is 2.94. The second-order valence-electron chi connectivity index (χ2n) is 5.94. The summed E-state index contributed by atoms with van der Waals surface area (Å²) < 4.78 is 18.6. The molecule has 1 aromatic heterocycles. The monoisotopic (exact) mass is 338 g/mol. The molecule has 128 valence electrons. The molecular formula is C20H19FN2O2. The summed E-state index contributed by atoms with van der Waals surface area (Å²) in [6.45, 7) is 3.93. The number of oxazole rings is 1. The van der Waals surface area contributed by atoms with Crippen LogP contribution in [0.4, 0.5) is 10.1 Å². The zero-order chi connectivity index (χ0) is 17.8. The molecule has 0 aliphatic carbocycles. The van der Waals surface area contributed by atoms with Gasteiger partial charge < -0.3 is 9.73 Å². The zero-order valence-corrected chi connectivity index (χ0v) is 14.2. The van der Waals surface area contributed by atoms with Crippen molar-refractivity contribution in [3.05, 3.63) is 71.5 Å². The number of anilines is 1. The summed E-state index contributed by atoms with van der Waals surface area (Å²) in [6, 6.07) is 11.9. The van der Waals surface area contributed by atoms with E-state index in [1.165, 1.54) is 12.1 Å². The third-order valence-corrected chi connectivity index (χ3v) is 3.99. The maximum atomic E-state index is 13.0. The van der Waals surface area contributed by atoms with Crippen molar-refractivity contribution in [2.24, 2.45) is 0 Å². The topological polar surface area (TPSA) is 55.1 Å². The molecule has 0 aliphatic heterocycles. The Morgan fingerprint density at radius 1 is 1.12 bits per heavy atom. The van der Waals surface area contributed by atoms with Crippen LogP contribution in [0.25, 0.3) is 11.3 Å². The standard InChI is InChI=1S/C20H19FN2O2/c1-13-4-3-5-14(2)20(13)23-18(24)10-11-19-22-12-17(25-19)15-6-8-16(21)9-7-15/h3-9,12H,10-11H2,1-2H3,(H,23,24). The fraction of sp³-hybridized carbons (Fsp3) is 0.200. The van der Waals surface area contributed by atoms with Crippen LogP contribution >= 0.6 is 0 Å². The van der Waals surface area contributed by atoms with Crippen molar-refractivity contribution in [2.45, 2.75) is 26.7 Å². The Morgan fingerprint density at radius 2 is 1.80 bits per heavy atom. The molecule has 5 heteroatoms. The largest absolute Gasteiger partial charge is 0.441 e. The molecule has 4 nitrogen and oxygen atoms in total. The highest BCUT2D eigenvalue weighted by Crippen LogP contribution is 2.22. The molecule has 2 aromatic carbocycles. The van der Waals surface area contributed by atoms with Gasteiger partial charge in [0.2, 0.25) is 5.91 Å². The number of hydrogen-bond donors (Lipinski definition) is 1. The molecule has 1 N–H and O–H groups in total. The van der Waals surface area contributed by atoms with Crippen LogP contribution in [0.15, 0.2) is 53.1 Å². The molecule has 0 unspecified atom stereocenters. The highest BCUT2D eigenvalue weighted by molar-refractivity contribution is 5.92. The zero-order valence-electron chi connectivity index (χ0n) is 14.2. The molecule has 3 aromatic rings. The van der Waals surface area contributed by atoms with Gasteiger partial charge in [0.05, 0.1) is 6.20 Å². The van der Waals surface area contributed by atoms with E-state index in [-0.39, 0.29) is 18.1 Å². The normalized spacial score (nSPS) is 10.7. The Hall–Kier alpha value is -2.95. The second-order valence-corrected chi connectivity index (χ2v) is 5.94. The Bertz CT molecular complexity index is 865. The number of para-hydroxylation sites is 1. The summed E-state index contributed by atoms with van der Waals surface area (Å²) >= 11 is 0. The van der Waals surface area contributed by atoms with Gasteiger partial charge in [0, 0.05) is 24.1 Å². The predicted octanol–water partition coefficient (Wildman–Crippen LogP) is 4.67. The van der Waals surface area contributed by atoms with Crippen molar-refractivity contribution in [1.82, 2.24) is 4.98 Å². The minimum absolute atomic E-state index is 0.0843. The van der Waals surface area contributed by atoms with Gasteiger partial charge in [-0.15, -0.1) is 0 Å². The van der Waals surface area contributed by atoms with Crippen LogP contribution in [0.1, 0.15) is 23.4 Å². The predicted molar refractivity (Wildman–Crippen MR) is 94.8 cm³/mol. The number of carbonyl (C=O) groups excluding carboxylic acids is 1. The quantitative estimate of drug-likeness (QED) is 0.735. The van der Waals surface area contributed by atoms with Gasteiger partial charge in [0.1, 0.15) is 5.82 Å². The molecule has 0 saturated heterocycles. The number of hydrogen-bond acceptors (Lipinski definition) is 3. The van der Waals surface area contributed by atoms with Gasteiger partial charge in [-0.05, 0) is 49.2 Å². The number of halogens is 1. The van der Waals surface area contributed by atoms with E-state index >= 15 is 0 Å². The molecule has 0 atom stereocenters. The summed E-state index contributed by atoms with van der Waals surface area (Å²) in [6.07, 6.45) is 2.26. The lowest BCUT2D eigenvalue weighted by Gasteiger charge is -2.10. The lowest BCUT2D eigenvalue weighted by molar-refractivity contribution is -0.116. The Balaban J connectivity index is 1.60. The minimum Gasteiger partial charge on any atom is -0.441 e. The Labute approximate surface area is 145 Å². The highest BCUT2D eigenvalue weighted by atomic mass is 19.1. The average molecular weight is 338 g/mol. The van der Waals surface area contributed by atoms with Crippen LogP contribution < -0.4 is 5.32 Å². The van der Waals surface area contributed by atoms with Gasteiger partial charge >= 0.3 is 0 Å². The van der Waals surface area contributed by atoms with Gasteiger partial charge in [-0.1, -0.05) is 18.2 Å². The van der Waals surface area contributed by atoms with Crippen LogP contribution in [0.5, 0.6) is 0 Å². The van der Waals surface area contributed by atoms with Gasteiger partial charge in [0.25, 0.3) is 0 Å². The molecule has 0 saturated carbocycles. The van der Waals surface area contributed by atoms with E-state index in [2.05, 4.69) is 10.3 Å². The molecule has 25 heavy (non-hydrogen) atoms. The first kappa shape index (κ1) is 16.9. The number of nitrogens with zero attached hydrogens (tertiary/aromatic N) is 1. The number of amides is 1. The van der Waals surface area contributed by atoms with Crippen LogP contribution in [-0.2, 0) is 11.2 Å². The van der Waals surface area contributed by atoms with Crippen LogP contribution in [-0.4, -0.2) is 10.9 Å². The number of rotatable bonds is 5. The number of nitrogens with one attached hydrogen (secondary N) is 1. The van der Waals surface area contributed by atoms with Gasteiger partial charge in [-0.3, -0.25) is 4.79 Å². The maximum Gasteiger partial charge on any atom is 0.224 e. The summed E-state index contributed by atoms with van der Waals surface area (Å²) in [5.74, 6) is 0.659. The molecule has 0 aliphatic rings. The number of aromatic nitrogens is 1. The number of benzene rings is 2. The molecule has 0 fully saturated rings. The van der Waals surface area contributed by atoms with E-state index in [0.29, 0.717) is 18.1 Å². The Morgan fingerprint density at radius 3 is 2.48 bits per heavy atom. The molecule has 1 amide bonds. The second kappa shape index (κ2) is 7.30. The van der Waals surface area contributed by atoms with Crippen molar-refractivity contribution >= 4 is 11.6 Å². The molecule has 3 rings (SSSR count). The Kier molecular flexibility index (Phi) is 4.93. The van der Waals surface area contributed by atoms with E-state index in [1.807, 2.05) is 32.0 Å². The van der Waals surface area contributed by atoms with Gasteiger partial charge in [-0.2, -0.15) is 0 Å². The van der Waals surface area contributed by atoms with E-state index in [1.54, 1.807) is 18.3 Å². The third kappa shape index (κ3) is 4.12. The first-order valence-corrected chi connectivity index (χ1v) is 8.09. The minimum atomic E-state index is -0.299. The smallest absolute Gasteiger partial charge is 0.224 e. The van der Waals surface area contributed by atoms with E-state index in [4.69, 9.17) is 4.42 Å². The van der Waals surface area contributed by atoms with Crippen molar-refractivity contribution in [2.75, 3.05) is 5.32 Å². The van der Waals surface area contributed by atoms with Crippen molar-refractivity contribution in [3.8, 4) is 11.3 Å². The van der Waals surface area contributed by atoms with E-state index < -0.39 is 0 Å². The van der Waals surface area contributed by atoms with E-state index in [0.717, 1.165) is 22.4 Å². The molecular weight excluding hydrogens is 319 g/mol. The maximum absolute atomic E-state index is 13.0. The third-order valence-electron chi connectivity index (χ3n) is 3.99. The lowest BCUT2D eigenvalue weighted by Crippen LogP contribution is -2.14. The molecule has 0 radical (unpaired) electrons. The summed E-state index contributed by atoms with van der Waals surface area (Å²) in [5.41, 5.74) is 3.66. The number of carbonyl (C=O) groups is 1. The fourth-order valence-corrected chi connectivity index (χ4v) is 2.61. The lowest BCUT2D eigenvalue weighted by atomic mass is 10.1. The summed E-state index contributed by atoms with van der Waals surface area (Å²) in [4.78, 5) is 16.4. The average Bonchev–Trinajstić information content (AvgIpc) is 3.06. The first-order chi connectivity index (χ1) is 12.0. The van der Waals surface area contributed by atoms with Crippen molar-refractivity contribution in [1.29, 1.82) is 0 Å². The van der Waals surface area contributed by atoms with Crippen molar-refractivity contribution < 1.29 is 13.6 Å². The first-order valence-electron chi connectivity index (χ1n) is 8.09. The molecule has 0 bridgehead atoms. The molecule has 1 heterocycles. The van der Waals surface area contributed by atoms with Crippen molar-refractivity contribution in [3.63, 3.8) is 0 Å². The van der Waals surface area contributed by atoms with Crippen LogP contribution in [0.2, 0.25) is 0 Å². The van der Waals surface area contributed by atoms with Crippen LogP contribution in [0, 0.1) is 19.7 Å². The van der Waals surface area contributed by atoms with Crippen LogP contribution in [0.3, 0.4) is 0 Å². The summed E-state index contributed by atoms with van der Waals surface area (Å²) in [7, 11) is 0. The highest BCUT2D eigenvalue weighted by Gasteiger charge is 2.11. The fourth-order valence-electron chi connectivity index (χ4n) is 2.61. The molecule has 0 spiro atoms. The van der Waals surface area contributed by atoms with E-state index in [9.17, 15) is 9.18 Å². The number of aryl methyl sites for hydroxylation is 3. The SMILES string of the molecule is Cc1cccc(C)c1NC(=O)CCc1ncc(-c2ccc(F)cc2)o1. The van der Waals surface area contributed by atoms with Gasteiger partial charge in [-0.25, -0.2) is 9.37 Å².